The second-order valence-electron chi connectivity index (χ2n) is 5.14. The van der Waals surface area contributed by atoms with Gasteiger partial charge in [-0.15, -0.1) is 0 Å². The molecule has 0 aliphatic heterocycles. The van der Waals surface area contributed by atoms with Crippen molar-refractivity contribution >= 4 is 0 Å². The zero-order valence-corrected chi connectivity index (χ0v) is 12.8. The van der Waals surface area contributed by atoms with Crippen molar-refractivity contribution in [2.75, 3.05) is 20.2 Å². The molecule has 0 fully saturated rings. The van der Waals surface area contributed by atoms with Gasteiger partial charge in [0.15, 0.2) is 0 Å². The molecule has 0 saturated carbocycles. The molecule has 0 spiro atoms. The minimum Gasteiger partial charge on any atom is -0.496 e. The summed E-state index contributed by atoms with van der Waals surface area (Å²) >= 11 is 0. The molecule has 112 valence electrons. The van der Waals surface area contributed by atoms with Crippen LogP contribution in [0, 0.1) is 0 Å². The van der Waals surface area contributed by atoms with Gasteiger partial charge in [0.05, 0.1) is 7.11 Å². The molecule has 0 bridgehead atoms. The van der Waals surface area contributed by atoms with E-state index < -0.39 is 0 Å². The Morgan fingerprint density at radius 1 is 1.10 bits per heavy atom. The lowest BCUT2D eigenvalue weighted by Crippen LogP contribution is -2.21. The predicted molar refractivity (Wildman–Crippen MR) is 88.5 cm³/mol. The highest BCUT2D eigenvalue weighted by Crippen LogP contribution is 2.30. The van der Waals surface area contributed by atoms with E-state index in [2.05, 4.69) is 42.6 Å². The first kappa shape index (κ1) is 15.5. The summed E-state index contributed by atoms with van der Waals surface area (Å²) in [5, 5.41) is 3.48. The van der Waals surface area contributed by atoms with E-state index in [0.717, 1.165) is 30.8 Å². The van der Waals surface area contributed by atoms with Crippen molar-refractivity contribution in [2.24, 2.45) is 5.73 Å². The molecule has 3 nitrogen and oxygen atoms in total. The molecule has 2 aromatic rings. The number of hydrogen-bond acceptors (Lipinski definition) is 3. The van der Waals surface area contributed by atoms with Crippen LogP contribution in [0.3, 0.4) is 0 Å². The molecule has 0 saturated heterocycles. The van der Waals surface area contributed by atoms with Crippen molar-refractivity contribution < 1.29 is 4.74 Å². The lowest BCUT2D eigenvalue weighted by Gasteiger charge is -2.15. The Labute approximate surface area is 127 Å². The molecule has 1 atom stereocenters. The van der Waals surface area contributed by atoms with Gasteiger partial charge < -0.3 is 15.8 Å². The third-order valence-electron chi connectivity index (χ3n) is 3.66. The molecule has 0 aliphatic rings. The average Bonchev–Trinajstić information content (AvgIpc) is 2.55. The van der Waals surface area contributed by atoms with Gasteiger partial charge in [0.1, 0.15) is 5.75 Å². The van der Waals surface area contributed by atoms with Crippen molar-refractivity contribution in [2.45, 2.75) is 19.4 Å². The summed E-state index contributed by atoms with van der Waals surface area (Å²) in [6, 6.07) is 17.1. The molecule has 0 heterocycles. The van der Waals surface area contributed by atoms with Crippen molar-refractivity contribution in [1.82, 2.24) is 5.32 Å². The number of benzene rings is 2. The number of rotatable bonds is 7. The normalized spacial score (nSPS) is 12.1. The van der Waals surface area contributed by atoms with Crippen molar-refractivity contribution in [3.05, 3.63) is 54.1 Å². The van der Waals surface area contributed by atoms with Crippen LogP contribution < -0.4 is 15.8 Å². The summed E-state index contributed by atoms with van der Waals surface area (Å²) < 4.78 is 5.42. The number of nitrogens with two attached hydrogens (primary N) is 1. The number of hydrogen-bond donors (Lipinski definition) is 2. The zero-order chi connectivity index (χ0) is 15.1. The van der Waals surface area contributed by atoms with E-state index >= 15 is 0 Å². The minimum absolute atomic E-state index is 0.336. The maximum Gasteiger partial charge on any atom is 0.126 e. The maximum absolute atomic E-state index is 5.51. The van der Waals surface area contributed by atoms with E-state index in [1.54, 1.807) is 7.11 Å². The van der Waals surface area contributed by atoms with Crippen molar-refractivity contribution in [3.63, 3.8) is 0 Å². The molecular weight excluding hydrogens is 260 g/mol. The van der Waals surface area contributed by atoms with Crippen LogP contribution in [0.25, 0.3) is 11.1 Å². The van der Waals surface area contributed by atoms with E-state index in [4.69, 9.17) is 10.5 Å². The lowest BCUT2D eigenvalue weighted by molar-refractivity contribution is 0.416. The Morgan fingerprint density at radius 2 is 1.81 bits per heavy atom. The first-order valence-corrected chi connectivity index (χ1v) is 7.43. The first-order valence-electron chi connectivity index (χ1n) is 7.43. The Hall–Kier alpha value is -1.84. The molecule has 2 rings (SSSR count). The van der Waals surface area contributed by atoms with Gasteiger partial charge in [0, 0.05) is 11.6 Å². The summed E-state index contributed by atoms with van der Waals surface area (Å²) in [6.45, 7) is 3.85. The van der Waals surface area contributed by atoms with E-state index in [1.165, 1.54) is 11.1 Å². The van der Waals surface area contributed by atoms with Crippen LogP contribution in [0.5, 0.6) is 5.75 Å². The highest BCUT2D eigenvalue weighted by molar-refractivity contribution is 5.70. The molecule has 0 aromatic heterocycles. The Balaban J connectivity index is 2.11. The van der Waals surface area contributed by atoms with Crippen molar-refractivity contribution in [1.29, 1.82) is 0 Å². The molecule has 0 amide bonds. The van der Waals surface area contributed by atoms with Gasteiger partial charge in [-0.05, 0) is 43.6 Å². The maximum atomic E-state index is 5.51. The summed E-state index contributed by atoms with van der Waals surface area (Å²) in [7, 11) is 1.71. The number of nitrogens with one attached hydrogen (secondary N) is 1. The molecule has 3 N–H and O–H groups in total. The van der Waals surface area contributed by atoms with Crippen LogP contribution in [0.15, 0.2) is 48.5 Å². The fourth-order valence-corrected chi connectivity index (χ4v) is 2.37. The van der Waals surface area contributed by atoms with Crippen LogP contribution >= 0.6 is 0 Å². The Bertz CT molecular complexity index is 551. The SMILES string of the molecule is COc1ccccc1-c1ccc(C(C)NCCCN)cc1. The van der Waals surface area contributed by atoms with Crippen LogP contribution in [-0.4, -0.2) is 20.2 Å². The van der Waals surface area contributed by atoms with E-state index in [0.29, 0.717) is 6.04 Å². The topological polar surface area (TPSA) is 47.3 Å². The predicted octanol–water partition coefficient (Wildman–Crippen LogP) is 3.36. The smallest absolute Gasteiger partial charge is 0.126 e. The monoisotopic (exact) mass is 284 g/mol. The van der Waals surface area contributed by atoms with Gasteiger partial charge in [0.2, 0.25) is 0 Å². The highest BCUT2D eigenvalue weighted by atomic mass is 16.5. The molecule has 1 unspecified atom stereocenters. The van der Waals surface area contributed by atoms with Crippen LogP contribution in [0.1, 0.15) is 24.9 Å². The highest BCUT2D eigenvalue weighted by Gasteiger charge is 2.07. The Morgan fingerprint density at radius 3 is 2.48 bits per heavy atom. The fraction of sp³-hybridized carbons (Fsp3) is 0.333. The third kappa shape index (κ3) is 4.06. The first-order chi connectivity index (χ1) is 10.3. The van der Waals surface area contributed by atoms with E-state index in [-0.39, 0.29) is 0 Å². The third-order valence-corrected chi connectivity index (χ3v) is 3.66. The molecule has 0 radical (unpaired) electrons. The molecule has 0 aliphatic carbocycles. The quantitative estimate of drug-likeness (QED) is 0.766. The van der Waals surface area contributed by atoms with Gasteiger partial charge in [-0.2, -0.15) is 0 Å². The van der Waals surface area contributed by atoms with Gasteiger partial charge in [-0.25, -0.2) is 0 Å². The largest absolute Gasteiger partial charge is 0.496 e. The number of para-hydroxylation sites is 1. The second kappa shape index (κ2) is 7.81. The standard InChI is InChI=1S/C18H24N2O/c1-14(20-13-5-12-19)15-8-10-16(11-9-15)17-6-3-4-7-18(17)21-2/h3-4,6-11,14,20H,5,12-13,19H2,1-2H3. The van der Waals surface area contributed by atoms with E-state index in [1.807, 2.05) is 18.2 Å². The molecule has 21 heavy (non-hydrogen) atoms. The van der Waals surface area contributed by atoms with Crippen LogP contribution in [0.2, 0.25) is 0 Å². The minimum atomic E-state index is 0.336. The van der Waals surface area contributed by atoms with Crippen LogP contribution in [0.4, 0.5) is 0 Å². The summed E-state index contributed by atoms with van der Waals surface area (Å²) in [5.41, 5.74) is 9.09. The summed E-state index contributed by atoms with van der Waals surface area (Å²) in [5.74, 6) is 0.902. The average molecular weight is 284 g/mol. The van der Waals surface area contributed by atoms with Gasteiger partial charge in [-0.3, -0.25) is 0 Å². The molecular formula is C18H24N2O. The van der Waals surface area contributed by atoms with Gasteiger partial charge >= 0.3 is 0 Å². The summed E-state index contributed by atoms with van der Waals surface area (Å²) in [6.07, 6.45) is 1.00. The number of methoxy groups -OCH3 is 1. The summed E-state index contributed by atoms with van der Waals surface area (Å²) in [4.78, 5) is 0. The van der Waals surface area contributed by atoms with Crippen molar-refractivity contribution in [3.8, 4) is 16.9 Å². The molecule has 3 heteroatoms. The zero-order valence-electron chi connectivity index (χ0n) is 12.8. The second-order valence-corrected chi connectivity index (χ2v) is 5.14. The molecule has 2 aromatic carbocycles. The Kier molecular flexibility index (Phi) is 5.78. The van der Waals surface area contributed by atoms with Crippen LogP contribution in [-0.2, 0) is 0 Å². The fourth-order valence-electron chi connectivity index (χ4n) is 2.37. The van der Waals surface area contributed by atoms with Gasteiger partial charge in [0.25, 0.3) is 0 Å². The number of ether oxygens (including phenoxy) is 1. The van der Waals surface area contributed by atoms with Gasteiger partial charge in [-0.1, -0.05) is 42.5 Å². The lowest BCUT2D eigenvalue weighted by atomic mass is 10.0. The van der Waals surface area contributed by atoms with E-state index in [9.17, 15) is 0 Å².